The van der Waals surface area contributed by atoms with Crippen molar-refractivity contribution >= 4 is 38.6 Å². The summed E-state index contributed by atoms with van der Waals surface area (Å²) < 4.78 is 29.2. The molecule has 2 aromatic rings. The minimum atomic E-state index is -3.88. The molecule has 1 fully saturated rings. The number of fused-ring (bicyclic) bond motifs is 1. The van der Waals surface area contributed by atoms with E-state index >= 15 is 0 Å². The smallest absolute Gasteiger partial charge is 0.268 e. The summed E-state index contributed by atoms with van der Waals surface area (Å²) in [4.78, 5) is 11.6. The Labute approximate surface area is 133 Å². The van der Waals surface area contributed by atoms with Crippen LogP contribution in [-0.4, -0.2) is 24.5 Å². The third-order valence-electron chi connectivity index (χ3n) is 3.95. The molecule has 0 radical (unpaired) electrons. The second-order valence-corrected chi connectivity index (χ2v) is 7.43. The zero-order valence-electron chi connectivity index (χ0n) is 11.8. The number of nitrogens with zero attached hydrogens (tertiary/aromatic N) is 1. The van der Waals surface area contributed by atoms with Crippen molar-refractivity contribution in [1.82, 2.24) is 8.81 Å². The van der Waals surface area contributed by atoms with Gasteiger partial charge in [-0.3, -0.25) is 4.79 Å². The molecule has 1 aliphatic carbocycles. The lowest BCUT2D eigenvalue weighted by molar-refractivity contribution is 0.0992. The molecular weight excluding hydrogens is 326 g/mol. The van der Waals surface area contributed by atoms with Gasteiger partial charge >= 0.3 is 0 Å². The van der Waals surface area contributed by atoms with Crippen LogP contribution in [0.15, 0.2) is 29.2 Å². The molecule has 0 saturated heterocycles. The van der Waals surface area contributed by atoms with Crippen LogP contribution in [0.3, 0.4) is 0 Å². The van der Waals surface area contributed by atoms with Gasteiger partial charge in [-0.15, -0.1) is 0 Å². The maximum absolute atomic E-state index is 12.7. The topological polar surface area (TPSA) is 94.2 Å². The SMILES string of the molecule is NC(=O)c1c(S(=O)(=O)NC2CCCC2)c2ccccc2n1Cl. The van der Waals surface area contributed by atoms with Crippen molar-refractivity contribution in [1.29, 1.82) is 0 Å². The second-order valence-electron chi connectivity index (χ2n) is 5.44. The molecule has 0 aliphatic heterocycles. The fourth-order valence-electron chi connectivity index (χ4n) is 2.98. The summed E-state index contributed by atoms with van der Waals surface area (Å²) in [6.45, 7) is 0. The first-order valence-electron chi connectivity index (χ1n) is 7.03. The lowest BCUT2D eigenvalue weighted by atomic mass is 10.2. The molecule has 0 unspecified atom stereocenters. The van der Waals surface area contributed by atoms with Gasteiger partial charge in [0, 0.05) is 23.2 Å². The zero-order valence-corrected chi connectivity index (χ0v) is 13.3. The summed E-state index contributed by atoms with van der Waals surface area (Å²) in [5.74, 6) is -0.877. The highest BCUT2D eigenvalue weighted by Gasteiger charge is 2.32. The number of hydrogen-bond acceptors (Lipinski definition) is 3. The number of benzene rings is 1. The highest BCUT2D eigenvalue weighted by molar-refractivity contribution is 7.89. The van der Waals surface area contributed by atoms with E-state index in [1.54, 1.807) is 24.3 Å². The normalized spacial score (nSPS) is 16.4. The Morgan fingerprint density at radius 1 is 1.27 bits per heavy atom. The molecule has 0 spiro atoms. The number of carbonyl (C=O) groups is 1. The van der Waals surface area contributed by atoms with Gasteiger partial charge in [0.25, 0.3) is 5.91 Å². The van der Waals surface area contributed by atoms with Crippen LogP contribution < -0.4 is 10.5 Å². The highest BCUT2D eigenvalue weighted by atomic mass is 35.5. The lowest BCUT2D eigenvalue weighted by Crippen LogP contribution is -2.34. The van der Waals surface area contributed by atoms with Crippen molar-refractivity contribution < 1.29 is 13.2 Å². The number of hydrogen-bond donors (Lipinski definition) is 2. The van der Waals surface area contributed by atoms with E-state index in [1.807, 2.05) is 0 Å². The van der Waals surface area contributed by atoms with Crippen molar-refractivity contribution in [2.75, 3.05) is 0 Å². The van der Waals surface area contributed by atoms with E-state index in [2.05, 4.69) is 4.72 Å². The molecule has 6 nitrogen and oxygen atoms in total. The van der Waals surface area contributed by atoms with Crippen LogP contribution in [0.5, 0.6) is 0 Å². The summed E-state index contributed by atoms with van der Waals surface area (Å²) in [6, 6.07) is 6.56. The Morgan fingerprint density at radius 2 is 1.91 bits per heavy atom. The predicted octanol–water partition coefficient (Wildman–Crippen LogP) is 1.96. The third-order valence-corrected chi connectivity index (χ3v) is 5.90. The van der Waals surface area contributed by atoms with Crippen LogP contribution in [0.4, 0.5) is 0 Å². The van der Waals surface area contributed by atoms with Gasteiger partial charge in [0.05, 0.1) is 5.52 Å². The zero-order chi connectivity index (χ0) is 15.9. The Bertz CT molecular complexity index is 838. The average molecular weight is 342 g/mol. The molecule has 1 aromatic carbocycles. The average Bonchev–Trinajstić information content (AvgIpc) is 3.05. The number of amides is 1. The number of primary amides is 1. The Kier molecular flexibility index (Phi) is 3.88. The molecule has 0 atom stereocenters. The van der Waals surface area contributed by atoms with E-state index in [0.29, 0.717) is 10.9 Å². The quantitative estimate of drug-likeness (QED) is 0.890. The summed E-state index contributed by atoms with van der Waals surface area (Å²) in [5.41, 5.74) is 5.57. The van der Waals surface area contributed by atoms with Crippen molar-refractivity contribution in [3.63, 3.8) is 0 Å². The Hall–Kier alpha value is -1.57. The van der Waals surface area contributed by atoms with Crippen molar-refractivity contribution in [3.05, 3.63) is 30.0 Å². The summed E-state index contributed by atoms with van der Waals surface area (Å²) in [6.07, 6.45) is 3.58. The van der Waals surface area contributed by atoms with Gasteiger partial charge in [0.1, 0.15) is 10.6 Å². The van der Waals surface area contributed by atoms with Crippen molar-refractivity contribution in [2.45, 2.75) is 36.6 Å². The van der Waals surface area contributed by atoms with Crippen molar-refractivity contribution in [3.8, 4) is 0 Å². The van der Waals surface area contributed by atoms with Crippen LogP contribution in [0, 0.1) is 0 Å². The van der Waals surface area contributed by atoms with E-state index in [9.17, 15) is 13.2 Å². The first-order chi connectivity index (χ1) is 10.4. The molecule has 3 rings (SSSR count). The number of nitrogens with two attached hydrogens (primary N) is 1. The maximum Gasteiger partial charge on any atom is 0.268 e. The molecule has 0 bridgehead atoms. The number of nitrogens with one attached hydrogen (secondary N) is 1. The highest BCUT2D eigenvalue weighted by Crippen LogP contribution is 2.32. The summed E-state index contributed by atoms with van der Waals surface area (Å²) >= 11 is 6.10. The fourth-order valence-corrected chi connectivity index (χ4v) is 5.04. The fraction of sp³-hybridized carbons (Fsp3) is 0.357. The molecule has 1 aromatic heterocycles. The third kappa shape index (κ3) is 2.49. The number of sulfonamides is 1. The van der Waals surface area contributed by atoms with Gasteiger partial charge < -0.3 is 5.73 Å². The molecule has 3 N–H and O–H groups in total. The van der Waals surface area contributed by atoms with Crippen LogP contribution >= 0.6 is 11.8 Å². The number of rotatable bonds is 4. The lowest BCUT2D eigenvalue weighted by Gasteiger charge is -2.13. The van der Waals surface area contributed by atoms with E-state index in [4.69, 9.17) is 17.5 Å². The minimum absolute atomic E-state index is 0.108. The van der Waals surface area contributed by atoms with Crippen LogP contribution in [0.25, 0.3) is 10.9 Å². The number of carbonyl (C=O) groups excluding carboxylic acids is 1. The number of aromatic nitrogens is 1. The van der Waals surface area contributed by atoms with E-state index in [-0.39, 0.29) is 16.6 Å². The Morgan fingerprint density at radius 3 is 2.55 bits per heavy atom. The van der Waals surface area contributed by atoms with Gasteiger partial charge in [-0.2, -0.15) is 0 Å². The van der Waals surface area contributed by atoms with Gasteiger partial charge in [-0.25, -0.2) is 17.2 Å². The Balaban J connectivity index is 2.20. The molecule has 1 saturated carbocycles. The predicted molar refractivity (Wildman–Crippen MR) is 84.3 cm³/mol. The largest absolute Gasteiger partial charge is 0.364 e. The molecule has 118 valence electrons. The van der Waals surface area contributed by atoms with E-state index in [0.717, 1.165) is 29.8 Å². The molecule has 1 amide bonds. The van der Waals surface area contributed by atoms with Gasteiger partial charge in [-0.1, -0.05) is 31.0 Å². The van der Waals surface area contributed by atoms with Crippen LogP contribution in [0.2, 0.25) is 0 Å². The summed E-state index contributed by atoms with van der Waals surface area (Å²) in [7, 11) is -3.88. The van der Waals surface area contributed by atoms with Gasteiger partial charge in [0.15, 0.2) is 0 Å². The second kappa shape index (κ2) is 5.57. The molecule has 1 heterocycles. The van der Waals surface area contributed by atoms with Crippen LogP contribution in [-0.2, 0) is 10.0 Å². The first kappa shape index (κ1) is 15.3. The maximum atomic E-state index is 12.7. The molecular formula is C14H16ClN3O3S. The standard InChI is InChI=1S/C14H16ClN3O3S/c15-18-11-8-4-3-7-10(11)13(12(18)14(16)19)22(20,21)17-9-5-1-2-6-9/h3-4,7-9,17H,1-2,5-6H2,(H2,16,19). The van der Waals surface area contributed by atoms with Gasteiger partial charge in [0.2, 0.25) is 10.0 Å². The van der Waals surface area contributed by atoms with E-state index < -0.39 is 15.9 Å². The molecule has 22 heavy (non-hydrogen) atoms. The van der Waals surface area contributed by atoms with E-state index in [1.165, 1.54) is 0 Å². The first-order valence-corrected chi connectivity index (χ1v) is 8.85. The minimum Gasteiger partial charge on any atom is -0.364 e. The molecule has 1 aliphatic rings. The summed E-state index contributed by atoms with van der Waals surface area (Å²) in [5, 5.41) is 0.386. The molecule has 8 heteroatoms. The number of halogens is 1. The van der Waals surface area contributed by atoms with Gasteiger partial charge in [-0.05, 0) is 18.9 Å². The monoisotopic (exact) mass is 341 g/mol. The van der Waals surface area contributed by atoms with Crippen LogP contribution in [0.1, 0.15) is 36.2 Å². The van der Waals surface area contributed by atoms with Crippen molar-refractivity contribution in [2.24, 2.45) is 5.73 Å². The number of para-hydroxylation sites is 1.